The van der Waals surface area contributed by atoms with Crippen molar-refractivity contribution in [3.8, 4) is 35.4 Å². The second kappa shape index (κ2) is 37.6. The molecule has 0 aromatic carbocycles. The van der Waals surface area contributed by atoms with Crippen molar-refractivity contribution in [2.45, 2.75) is 217 Å². The number of alkyl halides is 1. The molecule has 2 aliphatic carbocycles. The number of thioether (sulfide) groups is 1. The maximum atomic E-state index is 6.09. The lowest BCUT2D eigenvalue weighted by Gasteiger charge is -2.35. The Labute approximate surface area is 465 Å². The number of allylic oxidation sites excluding steroid dienone is 18. The molecule has 0 saturated carbocycles. The first-order valence-electron chi connectivity index (χ1n) is 29.2. The number of hydrogen-bond acceptors (Lipinski definition) is 3. The van der Waals surface area contributed by atoms with Crippen molar-refractivity contribution in [2.24, 2.45) is 10.8 Å². The van der Waals surface area contributed by atoms with Gasteiger partial charge in [0.25, 0.3) is 0 Å². The second-order valence-corrected chi connectivity index (χ2v) is 22.4. The van der Waals surface area contributed by atoms with Crippen molar-refractivity contribution >= 4 is 27.7 Å². The minimum atomic E-state index is -0.110. The van der Waals surface area contributed by atoms with Gasteiger partial charge in [-0.3, -0.25) is 0 Å². The van der Waals surface area contributed by atoms with Crippen LogP contribution < -0.4 is 0 Å². The number of rotatable bonds is 37. The maximum Gasteiger partial charge on any atom is 0.0343 e. The number of hydrogen-bond donors (Lipinski definition) is 0. The van der Waals surface area contributed by atoms with Gasteiger partial charge >= 0.3 is 0 Å². The molecule has 4 heteroatoms. The van der Waals surface area contributed by atoms with Crippen LogP contribution in [0.2, 0.25) is 0 Å². The van der Waals surface area contributed by atoms with Crippen molar-refractivity contribution in [1.29, 1.82) is 0 Å². The van der Waals surface area contributed by atoms with Crippen molar-refractivity contribution < 1.29 is 0 Å². The summed E-state index contributed by atoms with van der Waals surface area (Å²) in [5.74, 6) is 13.9. The summed E-state index contributed by atoms with van der Waals surface area (Å²) in [5, 5.41) is 4.41. The van der Waals surface area contributed by atoms with E-state index in [4.69, 9.17) is 6.42 Å². The monoisotopic (exact) mass is 1070 g/mol. The minimum absolute atomic E-state index is 0.0640. The third-order valence-electron chi connectivity index (χ3n) is 16.4. The molecule has 2 aliphatic rings. The van der Waals surface area contributed by atoms with Crippen LogP contribution in [0.3, 0.4) is 0 Å². The summed E-state index contributed by atoms with van der Waals surface area (Å²) in [6.07, 6.45) is 47.8. The average Bonchev–Trinajstić information content (AvgIpc) is 3.70. The predicted molar refractivity (Wildman–Crippen MR) is 334 cm³/mol. The summed E-state index contributed by atoms with van der Waals surface area (Å²) in [7, 11) is 0. The molecule has 0 spiro atoms. The molecule has 0 saturated heterocycles. The topological polar surface area (TPSA) is 6.48 Å². The normalized spacial score (nSPS) is 17.5. The zero-order valence-corrected chi connectivity index (χ0v) is 51.5. The quantitative estimate of drug-likeness (QED) is 0.0265. The van der Waals surface area contributed by atoms with Crippen LogP contribution in [0.4, 0.5) is 0 Å². The highest BCUT2D eigenvalue weighted by Gasteiger charge is 2.43. The van der Waals surface area contributed by atoms with Gasteiger partial charge in [-0.15, -0.1) is 6.42 Å². The highest BCUT2D eigenvalue weighted by Crippen LogP contribution is 2.57. The van der Waals surface area contributed by atoms with Gasteiger partial charge in [0.15, 0.2) is 0 Å². The lowest BCUT2D eigenvalue weighted by Crippen LogP contribution is -2.25. The van der Waals surface area contributed by atoms with Crippen molar-refractivity contribution in [1.82, 2.24) is 9.80 Å². The maximum absolute atomic E-state index is 6.09. The predicted octanol–water partition coefficient (Wildman–Crippen LogP) is 20.0. The molecule has 2 rings (SSSR count). The molecule has 0 fully saturated rings. The van der Waals surface area contributed by atoms with Crippen LogP contribution in [0.15, 0.2) is 116 Å². The number of nitrogens with zero attached hydrogens (tertiary/aromatic N) is 2. The summed E-state index contributed by atoms with van der Waals surface area (Å²) in [6, 6.07) is 0. The number of unbranched alkanes of at least 4 members (excludes halogenated alkanes) is 12. The highest BCUT2D eigenvalue weighted by atomic mass is 79.9. The Hall–Kier alpha value is -3.17. The molecule has 1 atom stereocenters. The molecule has 2 nitrogen and oxygen atoms in total. The van der Waals surface area contributed by atoms with E-state index in [-0.39, 0.29) is 10.8 Å². The SMILES string of the molecule is C#C/C(C=C)=C/C1=C(C)C(C)=C(/C=C(\C=C)CC#C/C(C)=C/C2=C(C)C(C)=C(/C=C(/C#CSC)CC)C2(CCCCCCN(CC)CC)CCCCCCN(CC)CC)C1(CCCCCC)CCCCCCBr. The lowest BCUT2D eigenvalue weighted by molar-refractivity contribution is 0.289. The summed E-state index contributed by atoms with van der Waals surface area (Å²) >= 11 is 5.28. The molecule has 0 N–H and O–H groups in total. The molecule has 0 radical (unpaired) electrons. The van der Waals surface area contributed by atoms with Crippen LogP contribution >= 0.6 is 27.7 Å². The molecule has 0 bridgehead atoms. The largest absolute Gasteiger partial charge is 0.304 e. The van der Waals surface area contributed by atoms with Gasteiger partial charge in [0, 0.05) is 33.7 Å². The first-order valence-corrected chi connectivity index (χ1v) is 31.6. The summed E-state index contributed by atoms with van der Waals surface area (Å²) in [6.45, 7) is 40.8. The van der Waals surface area contributed by atoms with Crippen LogP contribution in [0, 0.1) is 46.2 Å². The molecule has 404 valence electrons. The standard InChI is InChI=1S/C69H105BrN2S/c1-16-25-26-33-44-69(47-34-27-30-37-48-70)65(53-61(17-2)18-3)59(13)60(14)66(69)54-62(19-4)42-40-41-56(10)52-64-57(11)58(12)67(55-63(20-5)43-51-73-15)68(64,45-35-28-31-38-49-71(21-6)22-7)46-36-29-32-39-50-72(23-8)24-9/h2,18-19,52-55H,3-4,16,20-39,42,44-50H2,1,5-15H3/b56-52+,61-53-,62-54+,63-55+. The zero-order chi connectivity index (χ0) is 54.1. The van der Waals surface area contributed by atoms with Gasteiger partial charge in [0.05, 0.1) is 0 Å². The number of terminal acetylenes is 1. The van der Waals surface area contributed by atoms with Crippen LogP contribution in [-0.4, -0.2) is 60.7 Å². The van der Waals surface area contributed by atoms with E-state index >= 15 is 0 Å². The van der Waals surface area contributed by atoms with E-state index in [0.717, 1.165) is 74.8 Å². The average molecular weight is 1070 g/mol. The first-order chi connectivity index (χ1) is 35.3. The third kappa shape index (κ3) is 20.7. The van der Waals surface area contributed by atoms with Gasteiger partial charge in [-0.25, -0.2) is 0 Å². The summed E-state index contributed by atoms with van der Waals surface area (Å²) in [4.78, 5) is 5.14. The Morgan fingerprint density at radius 2 is 1.01 bits per heavy atom. The van der Waals surface area contributed by atoms with Crippen LogP contribution in [0.5, 0.6) is 0 Å². The minimum Gasteiger partial charge on any atom is -0.304 e. The van der Waals surface area contributed by atoms with Crippen molar-refractivity contribution in [3.05, 3.63) is 116 Å². The van der Waals surface area contributed by atoms with Gasteiger partial charge in [0.2, 0.25) is 0 Å². The molecule has 0 heterocycles. The molecule has 1 unspecified atom stereocenters. The molecule has 73 heavy (non-hydrogen) atoms. The third-order valence-corrected chi connectivity index (χ3v) is 17.3. The molecule has 0 amide bonds. The first kappa shape index (κ1) is 65.9. The smallest absolute Gasteiger partial charge is 0.0343 e. The van der Waals surface area contributed by atoms with Crippen LogP contribution in [0.25, 0.3) is 0 Å². The van der Waals surface area contributed by atoms with Gasteiger partial charge in [-0.2, -0.15) is 0 Å². The molecular weight excluding hydrogens is 969 g/mol. The van der Waals surface area contributed by atoms with Crippen molar-refractivity contribution in [3.63, 3.8) is 0 Å². The lowest BCUT2D eigenvalue weighted by atomic mass is 9.68. The van der Waals surface area contributed by atoms with E-state index in [1.165, 1.54) is 172 Å². The molecule has 0 aliphatic heterocycles. The molecule has 0 aromatic rings. The van der Waals surface area contributed by atoms with Gasteiger partial charge in [-0.1, -0.05) is 208 Å². The van der Waals surface area contributed by atoms with E-state index in [0.29, 0.717) is 6.42 Å². The van der Waals surface area contributed by atoms with Gasteiger partial charge < -0.3 is 9.80 Å². The van der Waals surface area contributed by atoms with Gasteiger partial charge in [0.1, 0.15) is 0 Å². The fourth-order valence-corrected chi connectivity index (χ4v) is 12.3. The van der Waals surface area contributed by atoms with E-state index < -0.39 is 0 Å². The Balaban J connectivity index is 2.74. The van der Waals surface area contributed by atoms with Gasteiger partial charge in [-0.05, 0) is 211 Å². The van der Waals surface area contributed by atoms with E-state index in [2.05, 4.69) is 181 Å². The zero-order valence-electron chi connectivity index (χ0n) is 49.1. The fourth-order valence-electron chi connectivity index (χ4n) is 11.6. The second-order valence-electron chi connectivity index (χ2n) is 21.0. The summed E-state index contributed by atoms with van der Waals surface area (Å²) < 4.78 is 0. The molecule has 0 aromatic heterocycles. The van der Waals surface area contributed by atoms with Crippen molar-refractivity contribution in [2.75, 3.05) is 50.9 Å². The Morgan fingerprint density at radius 1 is 0.575 bits per heavy atom. The Bertz CT molecular complexity index is 2130. The Kier molecular flexibility index (Phi) is 33.9. The highest BCUT2D eigenvalue weighted by molar-refractivity contribution is 9.09. The van der Waals surface area contributed by atoms with E-state index in [1.807, 2.05) is 6.08 Å². The molecular formula is C69H105BrN2S. The summed E-state index contributed by atoms with van der Waals surface area (Å²) in [5.41, 5.74) is 15.7. The number of halogens is 1. The van der Waals surface area contributed by atoms with E-state index in [9.17, 15) is 0 Å². The van der Waals surface area contributed by atoms with E-state index in [1.54, 1.807) is 11.8 Å². The fraction of sp³-hybridized carbons (Fsp3) is 0.623. The van der Waals surface area contributed by atoms with Crippen LogP contribution in [0.1, 0.15) is 217 Å². The Morgan fingerprint density at radius 3 is 1.42 bits per heavy atom. The van der Waals surface area contributed by atoms with Crippen LogP contribution in [-0.2, 0) is 0 Å².